The minimum Gasteiger partial charge on any atom is -0.497 e. The summed E-state index contributed by atoms with van der Waals surface area (Å²) >= 11 is 0. The second kappa shape index (κ2) is 5.92. The highest BCUT2D eigenvalue weighted by Crippen LogP contribution is 2.20. The third-order valence-electron chi connectivity index (χ3n) is 3.45. The fourth-order valence-electron chi connectivity index (χ4n) is 2.33. The molecule has 3 nitrogen and oxygen atoms in total. The standard InChI is InChI=1S/C14H21NO2/c1-15-10-3-4-12(15)9-11-17-14-7-5-13(16-2)6-8-14/h5-8,12H,3-4,9-11H2,1-2H3. The van der Waals surface area contributed by atoms with Crippen LogP contribution in [0.15, 0.2) is 24.3 Å². The van der Waals surface area contributed by atoms with Gasteiger partial charge in [0, 0.05) is 6.04 Å². The summed E-state index contributed by atoms with van der Waals surface area (Å²) in [5, 5.41) is 0. The lowest BCUT2D eigenvalue weighted by molar-refractivity contribution is 0.233. The molecule has 0 radical (unpaired) electrons. The van der Waals surface area contributed by atoms with E-state index in [-0.39, 0.29) is 0 Å². The van der Waals surface area contributed by atoms with Gasteiger partial charge < -0.3 is 14.4 Å². The van der Waals surface area contributed by atoms with Gasteiger partial charge in [0.15, 0.2) is 0 Å². The largest absolute Gasteiger partial charge is 0.497 e. The van der Waals surface area contributed by atoms with Crippen molar-refractivity contribution in [2.75, 3.05) is 27.3 Å². The van der Waals surface area contributed by atoms with E-state index in [1.807, 2.05) is 24.3 Å². The quantitative estimate of drug-likeness (QED) is 0.783. The molecule has 0 N–H and O–H groups in total. The van der Waals surface area contributed by atoms with Crippen molar-refractivity contribution in [3.63, 3.8) is 0 Å². The van der Waals surface area contributed by atoms with E-state index in [0.29, 0.717) is 6.04 Å². The van der Waals surface area contributed by atoms with Gasteiger partial charge in [-0.3, -0.25) is 0 Å². The van der Waals surface area contributed by atoms with E-state index >= 15 is 0 Å². The zero-order chi connectivity index (χ0) is 12.1. The van der Waals surface area contributed by atoms with Crippen LogP contribution >= 0.6 is 0 Å². The van der Waals surface area contributed by atoms with Gasteiger partial charge in [-0.2, -0.15) is 0 Å². The van der Waals surface area contributed by atoms with E-state index in [2.05, 4.69) is 11.9 Å². The second-order valence-corrected chi connectivity index (χ2v) is 4.59. The molecule has 2 rings (SSSR count). The van der Waals surface area contributed by atoms with Crippen LogP contribution in [0.3, 0.4) is 0 Å². The molecular formula is C14H21NO2. The Balaban J connectivity index is 1.73. The summed E-state index contributed by atoms with van der Waals surface area (Å²) in [6.07, 6.45) is 3.74. The lowest BCUT2D eigenvalue weighted by Gasteiger charge is -2.19. The number of rotatable bonds is 5. The molecule has 1 heterocycles. The highest BCUT2D eigenvalue weighted by molar-refractivity contribution is 5.31. The van der Waals surface area contributed by atoms with Crippen molar-refractivity contribution in [3.8, 4) is 11.5 Å². The summed E-state index contributed by atoms with van der Waals surface area (Å²) in [4.78, 5) is 2.43. The molecular weight excluding hydrogens is 214 g/mol. The Labute approximate surface area is 103 Å². The Morgan fingerprint density at radius 3 is 2.53 bits per heavy atom. The summed E-state index contributed by atoms with van der Waals surface area (Å²) in [5.41, 5.74) is 0. The van der Waals surface area contributed by atoms with Crippen LogP contribution < -0.4 is 9.47 Å². The van der Waals surface area contributed by atoms with Crippen LogP contribution in [-0.2, 0) is 0 Å². The zero-order valence-corrected chi connectivity index (χ0v) is 10.7. The van der Waals surface area contributed by atoms with Gasteiger partial charge in [0.25, 0.3) is 0 Å². The lowest BCUT2D eigenvalue weighted by Crippen LogP contribution is -2.26. The molecule has 1 aromatic rings. The molecule has 1 fully saturated rings. The molecule has 1 aromatic carbocycles. The number of benzene rings is 1. The van der Waals surface area contributed by atoms with Crippen molar-refractivity contribution < 1.29 is 9.47 Å². The molecule has 0 amide bonds. The molecule has 0 aromatic heterocycles. The Morgan fingerprint density at radius 2 is 1.94 bits per heavy atom. The maximum absolute atomic E-state index is 5.73. The van der Waals surface area contributed by atoms with Crippen LogP contribution in [-0.4, -0.2) is 38.3 Å². The van der Waals surface area contributed by atoms with E-state index in [4.69, 9.17) is 9.47 Å². The summed E-state index contributed by atoms with van der Waals surface area (Å²) < 4.78 is 10.8. The average Bonchev–Trinajstić information content (AvgIpc) is 2.76. The number of hydrogen-bond acceptors (Lipinski definition) is 3. The van der Waals surface area contributed by atoms with Crippen LogP contribution in [0.25, 0.3) is 0 Å². The summed E-state index contributed by atoms with van der Waals surface area (Å²) in [6.45, 7) is 2.02. The maximum Gasteiger partial charge on any atom is 0.119 e. The lowest BCUT2D eigenvalue weighted by atomic mass is 10.1. The molecule has 0 bridgehead atoms. The molecule has 1 aliphatic heterocycles. The highest BCUT2D eigenvalue weighted by atomic mass is 16.5. The molecule has 1 saturated heterocycles. The molecule has 0 spiro atoms. The van der Waals surface area contributed by atoms with Crippen molar-refractivity contribution in [2.24, 2.45) is 0 Å². The fraction of sp³-hybridized carbons (Fsp3) is 0.571. The molecule has 0 saturated carbocycles. The normalized spacial score (nSPS) is 20.5. The van der Waals surface area contributed by atoms with E-state index in [1.165, 1.54) is 19.4 Å². The maximum atomic E-state index is 5.73. The Bertz CT molecular complexity index is 337. The summed E-state index contributed by atoms with van der Waals surface area (Å²) in [6, 6.07) is 8.47. The minimum atomic E-state index is 0.702. The zero-order valence-electron chi connectivity index (χ0n) is 10.7. The van der Waals surface area contributed by atoms with E-state index < -0.39 is 0 Å². The monoisotopic (exact) mass is 235 g/mol. The second-order valence-electron chi connectivity index (χ2n) is 4.59. The first-order chi connectivity index (χ1) is 8.29. The van der Waals surface area contributed by atoms with Gasteiger partial charge in [-0.25, -0.2) is 0 Å². The van der Waals surface area contributed by atoms with E-state index in [0.717, 1.165) is 24.5 Å². The van der Waals surface area contributed by atoms with Gasteiger partial charge >= 0.3 is 0 Å². The smallest absolute Gasteiger partial charge is 0.119 e. The molecule has 1 atom stereocenters. The number of methoxy groups -OCH3 is 1. The van der Waals surface area contributed by atoms with Crippen LogP contribution in [0.2, 0.25) is 0 Å². The van der Waals surface area contributed by atoms with Crippen LogP contribution in [0.1, 0.15) is 19.3 Å². The van der Waals surface area contributed by atoms with Gasteiger partial charge in [0.1, 0.15) is 11.5 Å². The molecule has 3 heteroatoms. The molecule has 17 heavy (non-hydrogen) atoms. The predicted molar refractivity (Wildman–Crippen MR) is 68.8 cm³/mol. The van der Waals surface area contributed by atoms with Crippen molar-refractivity contribution >= 4 is 0 Å². The van der Waals surface area contributed by atoms with Crippen LogP contribution in [0.4, 0.5) is 0 Å². The molecule has 0 aliphatic carbocycles. The molecule has 94 valence electrons. The summed E-state index contributed by atoms with van der Waals surface area (Å²) in [5.74, 6) is 1.79. The van der Waals surface area contributed by atoms with E-state index in [1.54, 1.807) is 7.11 Å². The van der Waals surface area contributed by atoms with Gasteiger partial charge in [-0.15, -0.1) is 0 Å². The average molecular weight is 235 g/mol. The molecule has 1 unspecified atom stereocenters. The third kappa shape index (κ3) is 3.37. The Kier molecular flexibility index (Phi) is 4.26. The first-order valence-electron chi connectivity index (χ1n) is 6.26. The Morgan fingerprint density at radius 1 is 1.24 bits per heavy atom. The number of nitrogens with zero attached hydrogens (tertiary/aromatic N) is 1. The Hall–Kier alpha value is -1.22. The number of hydrogen-bond donors (Lipinski definition) is 0. The van der Waals surface area contributed by atoms with Crippen molar-refractivity contribution in [1.82, 2.24) is 4.90 Å². The summed E-state index contributed by atoms with van der Waals surface area (Å²) in [7, 11) is 3.87. The third-order valence-corrected chi connectivity index (χ3v) is 3.45. The number of ether oxygens (including phenoxy) is 2. The van der Waals surface area contributed by atoms with E-state index in [9.17, 15) is 0 Å². The predicted octanol–water partition coefficient (Wildman–Crippen LogP) is 2.56. The van der Waals surface area contributed by atoms with Crippen LogP contribution in [0.5, 0.6) is 11.5 Å². The molecule has 1 aliphatic rings. The number of likely N-dealkylation sites (tertiary alicyclic amines) is 1. The fourth-order valence-corrected chi connectivity index (χ4v) is 2.33. The highest BCUT2D eigenvalue weighted by Gasteiger charge is 2.20. The minimum absolute atomic E-state index is 0.702. The first kappa shape index (κ1) is 12.2. The van der Waals surface area contributed by atoms with Gasteiger partial charge in [-0.05, 0) is 57.1 Å². The van der Waals surface area contributed by atoms with Crippen LogP contribution in [0, 0.1) is 0 Å². The van der Waals surface area contributed by atoms with Crippen molar-refractivity contribution in [2.45, 2.75) is 25.3 Å². The van der Waals surface area contributed by atoms with Crippen molar-refractivity contribution in [3.05, 3.63) is 24.3 Å². The topological polar surface area (TPSA) is 21.7 Å². The first-order valence-corrected chi connectivity index (χ1v) is 6.26. The van der Waals surface area contributed by atoms with Gasteiger partial charge in [0.2, 0.25) is 0 Å². The van der Waals surface area contributed by atoms with Gasteiger partial charge in [-0.1, -0.05) is 0 Å². The van der Waals surface area contributed by atoms with Crippen molar-refractivity contribution in [1.29, 1.82) is 0 Å². The SMILES string of the molecule is COc1ccc(OCCC2CCCN2C)cc1. The van der Waals surface area contributed by atoms with Gasteiger partial charge in [0.05, 0.1) is 13.7 Å².